The van der Waals surface area contributed by atoms with E-state index in [-0.39, 0.29) is 35.9 Å². The van der Waals surface area contributed by atoms with Crippen LogP contribution in [0.25, 0.3) is 0 Å². The van der Waals surface area contributed by atoms with Gasteiger partial charge in [-0.1, -0.05) is 13.0 Å². The highest BCUT2D eigenvalue weighted by Crippen LogP contribution is 2.77. The van der Waals surface area contributed by atoms with E-state index in [0.29, 0.717) is 18.4 Å². The van der Waals surface area contributed by atoms with Gasteiger partial charge in [0.1, 0.15) is 11.8 Å². The first-order valence-electron chi connectivity index (χ1n) is 12.1. The normalized spacial score (nSPS) is 51.4. The fraction of sp³-hybridized carbons (Fsp3) is 0.731. The van der Waals surface area contributed by atoms with E-state index in [2.05, 4.69) is 0 Å². The Labute approximate surface area is 198 Å². The van der Waals surface area contributed by atoms with Gasteiger partial charge in [-0.2, -0.15) is 0 Å². The van der Waals surface area contributed by atoms with Crippen LogP contribution in [0.4, 0.5) is 4.39 Å². The van der Waals surface area contributed by atoms with E-state index >= 15 is 4.39 Å². The number of carbonyl (C=O) groups is 3. The minimum absolute atomic E-state index is 0.101. The van der Waals surface area contributed by atoms with Gasteiger partial charge in [0.15, 0.2) is 23.8 Å². The molecule has 2 aliphatic heterocycles. The van der Waals surface area contributed by atoms with Gasteiger partial charge in [0.25, 0.3) is 0 Å². The Morgan fingerprint density at radius 3 is 2.56 bits per heavy atom. The largest absolute Gasteiger partial charge is 0.458 e. The van der Waals surface area contributed by atoms with Gasteiger partial charge in [-0.3, -0.25) is 14.4 Å². The predicted octanol–water partition coefficient (Wildman–Crippen LogP) is 3.01. The Morgan fingerprint density at radius 1 is 1.12 bits per heavy atom. The van der Waals surface area contributed by atoms with Crippen molar-refractivity contribution in [2.45, 2.75) is 89.2 Å². The lowest BCUT2D eigenvalue weighted by Gasteiger charge is -2.56. The molecule has 9 atom stereocenters. The van der Waals surface area contributed by atoms with Crippen LogP contribution in [0.5, 0.6) is 0 Å². The van der Waals surface area contributed by atoms with Crippen LogP contribution in [0.1, 0.15) is 53.9 Å². The number of ketones is 2. The van der Waals surface area contributed by atoms with E-state index in [9.17, 15) is 14.4 Å². The molecule has 6 aliphatic rings. The van der Waals surface area contributed by atoms with Crippen LogP contribution in [0, 0.1) is 22.7 Å². The van der Waals surface area contributed by atoms with Gasteiger partial charge in [0.05, 0.1) is 12.2 Å². The van der Waals surface area contributed by atoms with E-state index < -0.39 is 52.7 Å². The molecule has 0 N–H and O–H groups in total. The zero-order chi connectivity index (χ0) is 24.5. The fourth-order valence-electron chi connectivity index (χ4n) is 8.51. The fourth-order valence-corrected chi connectivity index (χ4v) is 8.51. The van der Waals surface area contributed by atoms with Crippen LogP contribution in [0.3, 0.4) is 0 Å². The number of halogens is 1. The minimum Gasteiger partial charge on any atom is -0.458 e. The first-order valence-corrected chi connectivity index (χ1v) is 12.1. The van der Waals surface area contributed by atoms with Crippen molar-refractivity contribution in [1.29, 1.82) is 0 Å². The average Bonchev–Trinajstić information content (AvgIpc) is 3.32. The second kappa shape index (κ2) is 6.45. The monoisotopic (exact) mass is 474 g/mol. The average molecular weight is 475 g/mol. The number of fused-ring (bicyclic) bond motifs is 5. The summed E-state index contributed by atoms with van der Waals surface area (Å²) in [5.74, 6) is -2.31. The number of hydrogen-bond donors (Lipinski definition) is 0. The molecule has 0 amide bonds. The van der Waals surface area contributed by atoms with Crippen LogP contribution < -0.4 is 0 Å². The summed E-state index contributed by atoms with van der Waals surface area (Å²) < 4.78 is 40.0. The second-order valence-corrected chi connectivity index (χ2v) is 11.8. The maximum Gasteiger partial charge on any atom is 0.303 e. The van der Waals surface area contributed by atoms with Crippen molar-refractivity contribution in [2.75, 3.05) is 6.61 Å². The van der Waals surface area contributed by atoms with Gasteiger partial charge in [-0.25, -0.2) is 4.39 Å². The smallest absolute Gasteiger partial charge is 0.303 e. The molecule has 34 heavy (non-hydrogen) atoms. The van der Waals surface area contributed by atoms with Gasteiger partial charge in [-0.15, -0.1) is 0 Å². The summed E-state index contributed by atoms with van der Waals surface area (Å²) in [5, 5.41) is 0. The zero-order valence-electron chi connectivity index (χ0n) is 20.2. The molecule has 184 valence electrons. The lowest BCUT2D eigenvalue weighted by molar-refractivity contribution is -0.212. The van der Waals surface area contributed by atoms with Crippen LogP contribution in [-0.2, 0) is 33.3 Å². The number of ether oxygens (including phenoxy) is 4. The molecule has 5 fully saturated rings. The van der Waals surface area contributed by atoms with E-state index in [1.165, 1.54) is 19.1 Å². The molecule has 7 nitrogen and oxygen atoms in total. The number of carbonyl (C=O) groups excluding carboxylic acids is 3. The molecule has 0 aromatic rings. The molecular formula is C26H31FO7. The maximum atomic E-state index is 15.7. The molecule has 1 spiro atoms. The van der Waals surface area contributed by atoms with Crippen LogP contribution in [-0.4, -0.2) is 59.5 Å². The predicted molar refractivity (Wildman–Crippen MR) is 116 cm³/mol. The van der Waals surface area contributed by atoms with Gasteiger partial charge in [0, 0.05) is 17.8 Å². The Balaban J connectivity index is 1.43. The zero-order valence-corrected chi connectivity index (χ0v) is 20.2. The van der Waals surface area contributed by atoms with Gasteiger partial charge >= 0.3 is 5.97 Å². The Kier molecular flexibility index (Phi) is 4.28. The molecule has 2 unspecified atom stereocenters. The first kappa shape index (κ1) is 22.6. The SMILES string of the molecule is CC(=O)OCC(=O)[C@@]12OC(C)(C)O[C@@H]1C[C@H]1[C@@H]3C[C@H](F)C4=CC(=O)C=C[C@]4(C)C34OC4C[C@@]12C. The van der Waals surface area contributed by atoms with Gasteiger partial charge in [0.2, 0.25) is 5.78 Å². The third-order valence-electron chi connectivity index (χ3n) is 9.73. The van der Waals surface area contributed by atoms with Gasteiger partial charge in [-0.05, 0) is 69.6 Å². The molecule has 3 saturated carbocycles. The van der Waals surface area contributed by atoms with E-state index in [0.717, 1.165) is 0 Å². The van der Waals surface area contributed by atoms with E-state index in [4.69, 9.17) is 18.9 Å². The van der Waals surface area contributed by atoms with Crippen molar-refractivity contribution in [3.63, 3.8) is 0 Å². The summed E-state index contributed by atoms with van der Waals surface area (Å²) in [6.45, 7) is 8.44. The van der Waals surface area contributed by atoms with Gasteiger partial charge < -0.3 is 18.9 Å². The minimum atomic E-state index is -1.31. The third kappa shape index (κ3) is 2.45. The number of alkyl halides is 1. The van der Waals surface area contributed by atoms with E-state index in [1.54, 1.807) is 13.8 Å². The number of allylic oxidation sites excluding steroid dienone is 2. The Morgan fingerprint density at radius 2 is 1.85 bits per heavy atom. The van der Waals surface area contributed by atoms with Crippen LogP contribution >= 0.6 is 0 Å². The summed E-state index contributed by atoms with van der Waals surface area (Å²) in [6.07, 6.45) is 4.06. The molecule has 6 rings (SSSR count). The number of esters is 1. The number of rotatable bonds is 3. The highest BCUT2D eigenvalue weighted by atomic mass is 19.1. The molecule has 0 aromatic carbocycles. The molecule has 0 aromatic heterocycles. The Hall–Kier alpha value is -1.90. The quantitative estimate of drug-likeness (QED) is 0.459. The molecule has 4 aliphatic carbocycles. The van der Waals surface area contributed by atoms with Crippen molar-refractivity contribution in [2.24, 2.45) is 22.7 Å². The van der Waals surface area contributed by atoms with Crippen molar-refractivity contribution in [3.05, 3.63) is 23.8 Å². The van der Waals surface area contributed by atoms with Crippen molar-refractivity contribution in [3.8, 4) is 0 Å². The van der Waals surface area contributed by atoms with Crippen molar-refractivity contribution >= 4 is 17.5 Å². The molecule has 2 saturated heterocycles. The standard InChI is InChI=1S/C26H31FO7/c1-13(28)31-12-19(30)26-20(32-22(2,3)34-26)10-15-16-9-18(27)17-8-14(29)6-7-23(17,4)25(16)21(33-25)11-24(15,26)5/h6-8,15-16,18,20-21H,9-12H2,1-5H3/t15-,16-,18-,20+,21?,23-,24-,25?,26+/m0/s1. The summed E-state index contributed by atoms with van der Waals surface area (Å²) in [6, 6.07) is 0. The van der Waals surface area contributed by atoms with Crippen molar-refractivity contribution in [1.82, 2.24) is 0 Å². The number of hydrogen-bond acceptors (Lipinski definition) is 7. The molecule has 0 radical (unpaired) electrons. The lowest BCUT2D eigenvalue weighted by Crippen LogP contribution is -2.64. The topological polar surface area (TPSA) is 91.4 Å². The Bertz CT molecular complexity index is 1080. The number of Topliss-reactive ketones (excluding diaryl/α,β-unsaturated/α-hetero) is 1. The third-order valence-corrected chi connectivity index (χ3v) is 9.73. The summed E-state index contributed by atoms with van der Waals surface area (Å²) in [5.41, 5.74) is -2.84. The molecular weight excluding hydrogens is 443 g/mol. The van der Waals surface area contributed by atoms with E-state index in [1.807, 2.05) is 19.9 Å². The molecule has 0 bridgehead atoms. The summed E-state index contributed by atoms with van der Waals surface area (Å²) in [7, 11) is 0. The first-order chi connectivity index (χ1) is 15.8. The second-order valence-electron chi connectivity index (χ2n) is 11.8. The highest BCUT2D eigenvalue weighted by Gasteiger charge is 2.85. The summed E-state index contributed by atoms with van der Waals surface area (Å²) >= 11 is 0. The van der Waals surface area contributed by atoms with Crippen LogP contribution in [0.2, 0.25) is 0 Å². The lowest BCUT2D eigenvalue weighted by atomic mass is 9.46. The highest BCUT2D eigenvalue weighted by molar-refractivity contribution is 6.01. The molecule has 2 heterocycles. The van der Waals surface area contributed by atoms with Crippen LogP contribution in [0.15, 0.2) is 23.8 Å². The maximum absolute atomic E-state index is 15.7. The van der Waals surface area contributed by atoms with Crippen molar-refractivity contribution < 1.29 is 37.7 Å². The number of epoxide rings is 1. The summed E-state index contributed by atoms with van der Waals surface area (Å²) in [4.78, 5) is 37.2. The molecule has 8 heteroatoms.